The lowest BCUT2D eigenvalue weighted by atomic mass is 10.0. The minimum absolute atomic E-state index is 0.218. The van der Waals surface area contributed by atoms with Gasteiger partial charge in [0.05, 0.1) is 6.10 Å². The fourth-order valence-electron chi connectivity index (χ4n) is 2.89. The van der Waals surface area contributed by atoms with Crippen LogP contribution in [0.25, 0.3) is 11.1 Å². The van der Waals surface area contributed by atoms with Crippen molar-refractivity contribution in [2.75, 3.05) is 11.4 Å². The molecule has 0 saturated carbocycles. The summed E-state index contributed by atoms with van der Waals surface area (Å²) < 4.78 is 0. The second kappa shape index (κ2) is 8.32. The van der Waals surface area contributed by atoms with Gasteiger partial charge in [0.1, 0.15) is 0 Å². The number of anilines is 1. The molecule has 132 valence electrons. The Morgan fingerprint density at radius 3 is 1.92 bits per heavy atom. The highest BCUT2D eigenvalue weighted by atomic mass is 16.4. The number of rotatable bonds is 6. The molecule has 0 aromatic heterocycles. The van der Waals surface area contributed by atoms with Gasteiger partial charge in [-0.2, -0.15) is 0 Å². The van der Waals surface area contributed by atoms with Crippen LogP contribution in [0.1, 0.15) is 18.1 Å². The van der Waals surface area contributed by atoms with Crippen molar-refractivity contribution in [3.63, 3.8) is 0 Å². The first-order chi connectivity index (χ1) is 12.6. The standard InChI is InChI=1S/C22H21NO3/c24-21(19-9-5-2-6-10-19)15-16-23(22(25)26)20-13-11-18(12-14-20)17-7-3-1-4-8-17/h1-14,21,24H,15-16H2,(H,25,26)/t21-/m1/s1. The molecule has 3 rings (SSSR count). The molecule has 26 heavy (non-hydrogen) atoms. The Morgan fingerprint density at radius 2 is 1.35 bits per heavy atom. The van der Waals surface area contributed by atoms with Gasteiger partial charge in [-0.25, -0.2) is 4.79 Å². The Labute approximate surface area is 153 Å². The third kappa shape index (κ3) is 4.29. The number of aliphatic hydroxyl groups excluding tert-OH is 1. The van der Waals surface area contributed by atoms with Gasteiger partial charge in [-0.1, -0.05) is 72.8 Å². The number of hydrogen-bond donors (Lipinski definition) is 2. The molecule has 3 aromatic carbocycles. The zero-order valence-corrected chi connectivity index (χ0v) is 14.3. The summed E-state index contributed by atoms with van der Waals surface area (Å²) in [5, 5.41) is 19.8. The number of hydrogen-bond acceptors (Lipinski definition) is 2. The molecule has 2 N–H and O–H groups in total. The number of amides is 1. The van der Waals surface area contributed by atoms with Crippen LogP contribution in [-0.4, -0.2) is 22.9 Å². The van der Waals surface area contributed by atoms with Crippen LogP contribution < -0.4 is 4.90 Å². The van der Waals surface area contributed by atoms with Crippen LogP contribution in [0, 0.1) is 0 Å². The van der Waals surface area contributed by atoms with Crippen molar-refractivity contribution >= 4 is 11.8 Å². The quantitative estimate of drug-likeness (QED) is 0.662. The molecule has 0 heterocycles. The zero-order valence-electron chi connectivity index (χ0n) is 14.3. The molecule has 4 heteroatoms. The molecule has 0 saturated heterocycles. The predicted octanol–water partition coefficient (Wildman–Crippen LogP) is 4.96. The van der Waals surface area contributed by atoms with E-state index < -0.39 is 12.2 Å². The molecule has 0 aliphatic carbocycles. The van der Waals surface area contributed by atoms with Gasteiger partial charge in [0.25, 0.3) is 0 Å². The Morgan fingerprint density at radius 1 is 0.808 bits per heavy atom. The van der Waals surface area contributed by atoms with Gasteiger partial charge < -0.3 is 10.2 Å². The van der Waals surface area contributed by atoms with Crippen molar-refractivity contribution in [1.29, 1.82) is 0 Å². The third-order valence-electron chi connectivity index (χ3n) is 4.33. The first-order valence-electron chi connectivity index (χ1n) is 8.54. The number of nitrogens with zero attached hydrogens (tertiary/aromatic N) is 1. The molecule has 1 atom stereocenters. The van der Waals surface area contributed by atoms with E-state index in [1.54, 1.807) is 12.1 Å². The van der Waals surface area contributed by atoms with Crippen LogP contribution >= 0.6 is 0 Å². The monoisotopic (exact) mass is 347 g/mol. The molecule has 0 radical (unpaired) electrons. The van der Waals surface area contributed by atoms with Crippen LogP contribution in [-0.2, 0) is 0 Å². The van der Waals surface area contributed by atoms with Crippen molar-refractivity contribution < 1.29 is 15.0 Å². The molecule has 0 aliphatic rings. The van der Waals surface area contributed by atoms with E-state index in [1.807, 2.05) is 72.8 Å². The summed E-state index contributed by atoms with van der Waals surface area (Å²) in [6, 6.07) is 26.6. The van der Waals surface area contributed by atoms with E-state index in [2.05, 4.69) is 0 Å². The molecule has 0 spiro atoms. The van der Waals surface area contributed by atoms with Gasteiger partial charge in [-0.15, -0.1) is 0 Å². The van der Waals surface area contributed by atoms with Crippen molar-refractivity contribution in [1.82, 2.24) is 0 Å². The van der Waals surface area contributed by atoms with E-state index in [1.165, 1.54) is 4.90 Å². The molecule has 0 aliphatic heterocycles. The highest BCUT2D eigenvalue weighted by molar-refractivity contribution is 5.86. The van der Waals surface area contributed by atoms with Crippen LogP contribution in [0.3, 0.4) is 0 Å². The lowest BCUT2D eigenvalue weighted by Crippen LogP contribution is -2.31. The Kier molecular flexibility index (Phi) is 5.66. The van der Waals surface area contributed by atoms with E-state index in [9.17, 15) is 15.0 Å². The summed E-state index contributed by atoms with van der Waals surface area (Å²) in [6.45, 7) is 0.218. The Bertz CT molecular complexity index is 832. The van der Waals surface area contributed by atoms with Crippen LogP contribution in [0.5, 0.6) is 0 Å². The summed E-state index contributed by atoms with van der Waals surface area (Å²) >= 11 is 0. The highest BCUT2D eigenvalue weighted by Gasteiger charge is 2.17. The minimum Gasteiger partial charge on any atom is -0.465 e. The van der Waals surface area contributed by atoms with Gasteiger partial charge in [0, 0.05) is 12.2 Å². The topological polar surface area (TPSA) is 60.8 Å². The molecular formula is C22H21NO3. The molecule has 3 aromatic rings. The van der Waals surface area contributed by atoms with E-state index in [4.69, 9.17) is 0 Å². The maximum absolute atomic E-state index is 11.6. The van der Waals surface area contributed by atoms with Gasteiger partial charge >= 0.3 is 6.09 Å². The zero-order chi connectivity index (χ0) is 18.4. The predicted molar refractivity (Wildman–Crippen MR) is 103 cm³/mol. The summed E-state index contributed by atoms with van der Waals surface area (Å²) in [5.74, 6) is 0. The number of carbonyl (C=O) groups is 1. The second-order valence-corrected chi connectivity index (χ2v) is 6.06. The van der Waals surface area contributed by atoms with Gasteiger partial charge in [0.15, 0.2) is 0 Å². The van der Waals surface area contributed by atoms with Crippen LogP contribution in [0.4, 0.5) is 10.5 Å². The van der Waals surface area contributed by atoms with Crippen molar-refractivity contribution in [2.24, 2.45) is 0 Å². The second-order valence-electron chi connectivity index (χ2n) is 6.06. The smallest absolute Gasteiger partial charge is 0.411 e. The first-order valence-corrected chi connectivity index (χ1v) is 8.54. The number of carboxylic acid groups (broad SMARTS) is 1. The number of aliphatic hydroxyl groups is 1. The molecule has 0 unspecified atom stereocenters. The lowest BCUT2D eigenvalue weighted by molar-refractivity contribution is 0.166. The van der Waals surface area contributed by atoms with Gasteiger partial charge in [-0.05, 0) is 35.2 Å². The molecular weight excluding hydrogens is 326 g/mol. The van der Waals surface area contributed by atoms with Gasteiger partial charge in [0.2, 0.25) is 0 Å². The van der Waals surface area contributed by atoms with Crippen LogP contribution in [0.2, 0.25) is 0 Å². The maximum atomic E-state index is 11.6. The van der Waals surface area contributed by atoms with E-state index in [-0.39, 0.29) is 6.54 Å². The van der Waals surface area contributed by atoms with Crippen molar-refractivity contribution in [3.05, 3.63) is 90.5 Å². The molecule has 0 fully saturated rings. The van der Waals surface area contributed by atoms with Crippen LogP contribution in [0.15, 0.2) is 84.9 Å². The number of benzene rings is 3. The fourth-order valence-corrected chi connectivity index (χ4v) is 2.89. The molecule has 4 nitrogen and oxygen atoms in total. The Hall–Kier alpha value is -3.11. The minimum atomic E-state index is -1.03. The molecule has 0 bridgehead atoms. The normalized spacial score (nSPS) is 11.7. The van der Waals surface area contributed by atoms with E-state index >= 15 is 0 Å². The highest BCUT2D eigenvalue weighted by Crippen LogP contribution is 2.24. The largest absolute Gasteiger partial charge is 0.465 e. The summed E-state index contributed by atoms with van der Waals surface area (Å²) in [7, 11) is 0. The SMILES string of the molecule is O=C(O)N(CC[C@@H](O)c1ccccc1)c1ccc(-c2ccccc2)cc1. The fraction of sp³-hybridized carbons (Fsp3) is 0.136. The first kappa shape index (κ1) is 17.7. The average molecular weight is 347 g/mol. The summed E-state index contributed by atoms with van der Waals surface area (Å²) in [4.78, 5) is 12.9. The van der Waals surface area contributed by atoms with Gasteiger partial charge in [-0.3, -0.25) is 4.90 Å². The van der Waals surface area contributed by atoms with E-state index in [0.717, 1.165) is 16.7 Å². The van der Waals surface area contributed by atoms with Crippen molar-refractivity contribution in [3.8, 4) is 11.1 Å². The maximum Gasteiger partial charge on any atom is 0.411 e. The lowest BCUT2D eigenvalue weighted by Gasteiger charge is -2.21. The van der Waals surface area contributed by atoms with E-state index in [0.29, 0.717) is 12.1 Å². The average Bonchev–Trinajstić information content (AvgIpc) is 2.69. The van der Waals surface area contributed by atoms with Crippen molar-refractivity contribution in [2.45, 2.75) is 12.5 Å². The molecule has 1 amide bonds. The summed E-state index contributed by atoms with van der Waals surface area (Å²) in [5.41, 5.74) is 3.50. The third-order valence-corrected chi connectivity index (χ3v) is 4.33. The summed E-state index contributed by atoms with van der Waals surface area (Å²) in [6.07, 6.45) is -1.39. The Balaban J connectivity index is 1.71.